The Balaban J connectivity index is 1.96. The topological polar surface area (TPSA) is 15.3 Å². The van der Waals surface area contributed by atoms with Crippen LogP contribution in [0, 0.1) is 13.8 Å². The van der Waals surface area contributed by atoms with Crippen LogP contribution < -0.4 is 5.32 Å². The minimum absolute atomic E-state index is 0.611. The first-order chi connectivity index (χ1) is 8.06. The van der Waals surface area contributed by atoms with Crippen LogP contribution in [0.3, 0.4) is 0 Å². The second-order valence-electron chi connectivity index (χ2n) is 5.52. The van der Waals surface area contributed by atoms with Crippen LogP contribution in [0.15, 0.2) is 18.2 Å². The van der Waals surface area contributed by atoms with Gasteiger partial charge in [0.25, 0.3) is 0 Å². The number of likely N-dealkylation sites (tertiary alicyclic amines) is 1. The van der Waals surface area contributed by atoms with Gasteiger partial charge in [0.05, 0.1) is 0 Å². The number of nitrogens with one attached hydrogen (secondary N) is 1. The zero-order chi connectivity index (χ0) is 12.4. The van der Waals surface area contributed by atoms with Gasteiger partial charge in [0, 0.05) is 30.9 Å². The molecule has 1 N–H and O–H groups in total. The Hall–Kier alpha value is -1.02. The van der Waals surface area contributed by atoms with Crippen molar-refractivity contribution in [2.24, 2.45) is 0 Å². The molecule has 1 aromatic rings. The van der Waals surface area contributed by atoms with Gasteiger partial charge in [0.1, 0.15) is 0 Å². The lowest BCUT2D eigenvalue weighted by Crippen LogP contribution is -2.31. The Morgan fingerprint density at radius 3 is 2.59 bits per heavy atom. The Morgan fingerprint density at radius 1 is 1.24 bits per heavy atom. The van der Waals surface area contributed by atoms with Gasteiger partial charge >= 0.3 is 0 Å². The number of hydrogen-bond acceptors (Lipinski definition) is 2. The molecule has 17 heavy (non-hydrogen) atoms. The number of rotatable bonds is 3. The first-order valence-electron chi connectivity index (χ1n) is 6.64. The molecule has 0 bridgehead atoms. The van der Waals surface area contributed by atoms with E-state index in [9.17, 15) is 0 Å². The number of hydrogen-bond donors (Lipinski definition) is 1. The second-order valence-corrected chi connectivity index (χ2v) is 5.52. The highest BCUT2D eigenvalue weighted by Gasteiger charge is 2.23. The normalized spacial score (nSPS) is 21.1. The maximum Gasteiger partial charge on any atom is 0.0400 e. The van der Waals surface area contributed by atoms with E-state index in [1.54, 1.807) is 0 Å². The summed E-state index contributed by atoms with van der Waals surface area (Å²) >= 11 is 0. The van der Waals surface area contributed by atoms with E-state index in [0.717, 1.165) is 0 Å². The molecule has 0 saturated carbocycles. The lowest BCUT2D eigenvalue weighted by Gasteiger charge is -2.21. The molecule has 1 heterocycles. The van der Waals surface area contributed by atoms with Gasteiger partial charge < -0.3 is 5.32 Å². The van der Waals surface area contributed by atoms with Crippen molar-refractivity contribution in [1.82, 2.24) is 4.90 Å². The smallest absolute Gasteiger partial charge is 0.0400 e. The summed E-state index contributed by atoms with van der Waals surface area (Å²) in [7, 11) is 0. The van der Waals surface area contributed by atoms with Crippen molar-refractivity contribution in [3.8, 4) is 0 Å². The molecule has 2 heteroatoms. The van der Waals surface area contributed by atoms with E-state index >= 15 is 0 Å². The van der Waals surface area contributed by atoms with E-state index in [1.807, 2.05) is 0 Å². The van der Waals surface area contributed by atoms with Crippen molar-refractivity contribution in [1.29, 1.82) is 0 Å². The summed E-state index contributed by atoms with van der Waals surface area (Å²) in [4.78, 5) is 2.54. The fraction of sp³-hybridized carbons (Fsp3) is 0.600. The van der Waals surface area contributed by atoms with Gasteiger partial charge in [0.15, 0.2) is 0 Å². The minimum Gasteiger partial charge on any atom is -0.381 e. The molecular weight excluding hydrogens is 208 g/mol. The van der Waals surface area contributed by atoms with Crippen LogP contribution in [-0.4, -0.2) is 30.1 Å². The molecular formula is C15H24N2. The predicted octanol–water partition coefficient (Wildman–Crippen LogP) is 3.20. The van der Waals surface area contributed by atoms with Crippen LogP contribution >= 0.6 is 0 Å². The van der Waals surface area contributed by atoms with Gasteiger partial charge in [-0.15, -0.1) is 0 Å². The average molecular weight is 232 g/mol. The van der Waals surface area contributed by atoms with Crippen molar-refractivity contribution < 1.29 is 0 Å². The molecule has 1 aliphatic heterocycles. The van der Waals surface area contributed by atoms with Crippen LogP contribution in [0.4, 0.5) is 5.69 Å². The van der Waals surface area contributed by atoms with Gasteiger partial charge in [-0.1, -0.05) is 6.07 Å². The van der Waals surface area contributed by atoms with E-state index in [2.05, 4.69) is 56.1 Å². The molecule has 1 fully saturated rings. The zero-order valence-corrected chi connectivity index (χ0v) is 11.5. The highest BCUT2D eigenvalue weighted by atomic mass is 15.2. The summed E-state index contributed by atoms with van der Waals surface area (Å²) in [6.07, 6.45) is 1.26. The summed E-state index contributed by atoms with van der Waals surface area (Å²) in [6, 6.07) is 7.93. The lowest BCUT2D eigenvalue weighted by atomic mass is 10.1. The predicted molar refractivity (Wildman–Crippen MR) is 74.7 cm³/mol. The maximum atomic E-state index is 3.65. The first kappa shape index (κ1) is 12.4. The van der Waals surface area contributed by atoms with Crippen LogP contribution in [0.25, 0.3) is 0 Å². The van der Waals surface area contributed by atoms with Crippen molar-refractivity contribution >= 4 is 5.69 Å². The van der Waals surface area contributed by atoms with Crippen LogP contribution in [0.1, 0.15) is 31.4 Å². The van der Waals surface area contributed by atoms with Gasteiger partial charge in [-0.2, -0.15) is 0 Å². The highest BCUT2D eigenvalue weighted by molar-refractivity contribution is 5.49. The Labute approximate surface area is 105 Å². The third kappa shape index (κ3) is 3.01. The summed E-state index contributed by atoms with van der Waals surface area (Å²) in [5.41, 5.74) is 4.00. The Bertz CT molecular complexity index is 385. The number of aryl methyl sites for hydroxylation is 2. The number of anilines is 1. The van der Waals surface area contributed by atoms with Gasteiger partial charge in [-0.25, -0.2) is 0 Å². The second kappa shape index (κ2) is 5.09. The Kier molecular flexibility index (Phi) is 3.72. The zero-order valence-electron chi connectivity index (χ0n) is 11.5. The SMILES string of the molecule is Cc1ccc(NC2CCN(C(C)C)C2)cc1C. The summed E-state index contributed by atoms with van der Waals surface area (Å²) in [5, 5.41) is 3.65. The summed E-state index contributed by atoms with van der Waals surface area (Å²) < 4.78 is 0. The maximum absolute atomic E-state index is 3.65. The molecule has 1 saturated heterocycles. The van der Waals surface area contributed by atoms with Gasteiger partial charge in [-0.05, 0) is 57.4 Å². The van der Waals surface area contributed by atoms with Crippen molar-refractivity contribution in [3.05, 3.63) is 29.3 Å². The molecule has 1 aliphatic rings. The largest absolute Gasteiger partial charge is 0.381 e. The highest BCUT2D eigenvalue weighted by Crippen LogP contribution is 2.19. The molecule has 0 radical (unpaired) electrons. The standard InChI is InChI=1S/C15H24N2/c1-11(2)17-8-7-15(10-17)16-14-6-5-12(3)13(4)9-14/h5-6,9,11,15-16H,7-8,10H2,1-4H3. The van der Waals surface area contributed by atoms with Crippen LogP contribution in [-0.2, 0) is 0 Å². The molecule has 1 unspecified atom stereocenters. The van der Waals surface area contributed by atoms with Crippen molar-refractivity contribution in [2.45, 2.75) is 46.2 Å². The molecule has 94 valence electrons. The molecule has 0 amide bonds. The van der Waals surface area contributed by atoms with Crippen molar-refractivity contribution in [3.63, 3.8) is 0 Å². The monoisotopic (exact) mass is 232 g/mol. The summed E-state index contributed by atoms with van der Waals surface area (Å²) in [6.45, 7) is 11.3. The van der Waals surface area contributed by atoms with Gasteiger partial charge in [-0.3, -0.25) is 4.90 Å². The van der Waals surface area contributed by atoms with E-state index in [-0.39, 0.29) is 0 Å². The van der Waals surface area contributed by atoms with Crippen LogP contribution in [0.5, 0.6) is 0 Å². The molecule has 0 spiro atoms. The molecule has 2 rings (SSSR count). The quantitative estimate of drug-likeness (QED) is 0.861. The third-order valence-corrected chi connectivity index (χ3v) is 3.83. The molecule has 2 nitrogen and oxygen atoms in total. The molecule has 0 aromatic heterocycles. The Morgan fingerprint density at radius 2 is 2.00 bits per heavy atom. The molecule has 0 aliphatic carbocycles. The first-order valence-corrected chi connectivity index (χ1v) is 6.64. The van der Waals surface area contributed by atoms with E-state index < -0.39 is 0 Å². The molecule has 1 aromatic carbocycles. The summed E-state index contributed by atoms with van der Waals surface area (Å²) in [5.74, 6) is 0. The van der Waals surface area contributed by atoms with E-state index in [4.69, 9.17) is 0 Å². The fourth-order valence-corrected chi connectivity index (χ4v) is 2.44. The van der Waals surface area contributed by atoms with Crippen LogP contribution in [0.2, 0.25) is 0 Å². The molecule has 1 atom stereocenters. The lowest BCUT2D eigenvalue weighted by molar-refractivity contribution is 0.274. The van der Waals surface area contributed by atoms with Crippen molar-refractivity contribution in [2.75, 3.05) is 18.4 Å². The minimum atomic E-state index is 0.611. The van der Waals surface area contributed by atoms with Gasteiger partial charge in [0.2, 0.25) is 0 Å². The number of benzene rings is 1. The third-order valence-electron chi connectivity index (χ3n) is 3.83. The van der Waals surface area contributed by atoms with E-state index in [0.29, 0.717) is 12.1 Å². The fourth-order valence-electron chi connectivity index (χ4n) is 2.44. The number of nitrogens with zero attached hydrogens (tertiary/aromatic N) is 1. The average Bonchev–Trinajstić information content (AvgIpc) is 2.72. The van der Waals surface area contributed by atoms with E-state index in [1.165, 1.54) is 36.3 Å².